The molecule has 0 aromatic heterocycles. The first-order valence-electron chi connectivity index (χ1n) is 16.0. The van der Waals surface area contributed by atoms with E-state index in [0.29, 0.717) is 0 Å². The first-order chi connectivity index (χ1) is 21.7. The molecule has 9 nitrogen and oxygen atoms in total. The second-order valence-corrected chi connectivity index (χ2v) is 19.0. The molecule has 0 spiro atoms. The maximum atomic E-state index is 8.56. The first-order valence-corrected chi connectivity index (χ1v) is 19.0. The van der Waals surface area contributed by atoms with E-state index in [-0.39, 0.29) is 0 Å². The molecular weight excluding hydrogens is 622 g/mol. The van der Waals surface area contributed by atoms with Gasteiger partial charge in [-0.3, -0.25) is 0 Å². The fourth-order valence-electron chi connectivity index (χ4n) is 6.33. The predicted octanol–water partition coefficient (Wildman–Crippen LogP) is 3.49. The molecule has 0 aliphatic heterocycles. The standard InChI is InChI=1S/C36H60ClN9Si/c1-38(2)28-19-25(20-29(39(3)4)34(28)44(13)14)47(37,26-21-30(40(5)6)35(45(15)16)31(22-26)41(7)8)27-23-32(42(9)10)36(46(17)18)33(24-27)43(11)12/h19-24H,1-18H3. The van der Waals surface area contributed by atoms with E-state index in [2.05, 4.69) is 207 Å². The van der Waals surface area contributed by atoms with E-state index in [1.54, 1.807) is 0 Å². The lowest BCUT2D eigenvalue weighted by Gasteiger charge is -2.37. The number of hydrogen-bond acceptors (Lipinski definition) is 9. The highest BCUT2D eigenvalue weighted by Crippen LogP contribution is 2.41. The van der Waals surface area contributed by atoms with Gasteiger partial charge < -0.3 is 44.1 Å². The van der Waals surface area contributed by atoms with Crippen LogP contribution in [-0.2, 0) is 0 Å². The van der Waals surface area contributed by atoms with Gasteiger partial charge >= 0.3 is 0 Å². The van der Waals surface area contributed by atoms with E-state index in [1.807, 2.05) is 0 Å². The number of benzene rings is 3. The molecule has 3 rings (SSSR count). The maximum Gasteiger partial charge on any atom is 0.248 e. The van der Waals surface area contributed by atoms with Crippen LogP contribution in [0.2, 0.25) is 0 Å². The largest absolute Gasteiger partial charge is 0.376 e. The van der Waals surface area contributed by atoms with Crippen LogP contribution in [0.1, 0.15) is 0 Å². The Hall–Kier alpha value is -3.63. The number of halogens is 1. The third-order valence-electron chi connectivity index (χ3n) is 8.63. The highest BCUT2D eigenvalue weighted by molar-refractivity contribution is 7.40. The molecule has 260 valence electrons. The van der Waals surface area contributed by atoms with Gasteiger partial charge in [-0.15, -0.1) is 11.1 Å². The van der Waals surface area contributed by atoms with Crippen molar-refractivity contribution in [2.24, 2.45) is 0 Å². The van der Waals surface area contributed by atoms with Crippen molar-refractivity contribution < 1.29 is 0 Å². The Kier molecular flexibility index (Phi) is 11.5. The molecule has 0 radical (unpaired) electrons. The van der Waals surface area contributed by atoms with Crippen LogP contribution >= 0.6 is 11.1 Å². The molecule has 0 atom stereocenters. The van der Waals surface area contributed by atoms with E-state index in [4.69, 9.17) is 11.1 Å². The van der Waals surface area contributed by atoms with Gasteiger partial charge in [0.15, 0.2) is 0 Å². The predicted molar refractivity (Wildman–Crippen MR) is 219 cm³/mol. The molecule has 0 bridgehead atoms. The van der Waals surface area contributed by atoms with E-state index >= 15 is 0 Å². The number of anilines is 9. The highest BCUT2D eigenvalue weighted by atomic mass is 35.6. The summed E-state index contributed by atoms with van der Waals surface area (Å²) < 4.78 is 0. The Balaban J connectivity index is 2.74. The van der Waals surface area contributed by atoms with Crippen LogP contribution in [0.5, 0.6) is 0 Å². The molecule has 47 heavy (non-hydrogen) atoms. The minimum atomic E-state index is -3.26. The van der Waals surface area contributed by atoms with Crippen molar-refractivity contribution in [1.29, 1.82) is 0 Å². The van der Waals surface area contributed by atoms with Gasteiger partial charge in [-0.05, 0) is 52.0 Å². The SMILES string of the molecule is CN(C)c1cc([Si](Cl)(c2cc(N(C)C)c(N(C)C)c(N(C)C)c2)c2cc(N(C)C)c(N(C)C)c(N(C)C)c2)cc(N(C)C)c1N(C)C. The molecule has 0 aliphatic rings. The van der Waals surface area contributed by atoms with E-state index < -0.39 is 7.38 Å². The second-order valence-electron chi connectivity index (χ2n) is 14.3. The summed E-state index contributed by atoms with van der Waals surface area (Å²) in [4.78, 5) is 19.8. The lowest BCUT2D eigenvalue weighted by atomic mass is 10.1. The minimum absolute atomic E-state index is 1.13. The van der Waals surface area contributed by atoms with Gasteiger partial charge in [-0.2, -0.15) is 0 Å². The molecular formula is C36H60ClN9Si. The molecule has 0 aliphatic carbocycles. The molecule has 0 amide bonds. The van der Waals surface area contributed by atoms with Gasteiger partial charge in [-0.25, -0.2) is 0 Å². The fraction of sp³-hybridized carbons (Fsp3) is 0.500. The normalized spacial score (nSPS) is 11.3. The number of nitrogens with zero attached hydrogens (tertiary/aromatic N) is 9. The van der Waals surface area contributed by atoms with Crippen LogP contribution in [0, 0.1) is 0 Å². The Labute approximate surface area is 291 Å². The lowest BCUT2D eigenvalue weighted by molar-refractivity contribution is 1.05. The molecule has 0 fully saturated rings. The molecule has 0 saturated heterocycles. The van der Waals surface area contributed by atoms with Gasteiger partial charge in [0.1, 0.15) is 0 Å². The van der Waals surface area contributed by atoms with E-state index in [0.717, 1.165) is 66.7 Å². The Morgan fingerprint density at radius 1 is 0.298 bits per heavy atom. The van der Waals surface area contributed by atoms with Crippen LogP contribution in [0.4, 0.5) is 51.2 Å². The minimum Gasteiger partial charge on any atom is -0.376 e. The average molecular weight is 682 g/mol. The van der Waals surface area contributed by atoms with Crippen molar-refractivity contribution in [2.45, 2.75) is 0 Å². The lowest BCUT2D eigenvalue weighted by Crippen LogP contribution is -2.63. The topological polar surface area (TPSA) is 29.2 Å². The second kappa shape index (κ2) is 14.2. The van der Waals surface area contributed by atoms with Crippen molar-refractivity contribution in [2.75, 3.05) is 171 Å². The molecule has 0 heterocycles. The molecule has 11 heteroatoms. The summed E-state index contributed by atoms with van der Waals surface area (Å²) >= 11 is 8.56. The fourth-order valence-corrected chi connectivity index (χ4v) is 10.3. The van der Waals surface area contributed by atoms with E-state index in [9.17, 15) is 0 Å². The van der Waals surface area contributed by atoms with Crippen molar-refractivity contribution in [3.05, 3.63) is 36.4 Å². The van der Waals surface area contributed by atoms with Crippen LogP contribution in [0.25, 0.3) is 0 Å². The molecule has 0 saturated carbocycles. The zero-order valence-corrected chi connectivity index (χ0v) is 34.1. The molecule has 3 aromatic carbocycles. The molecule has 0 unspecified atom stereocenters. The monoisotopic (exact) mass is 681 g/mol. The van der Waals surface area contributed by atoms with E-state index in [1.165, 1.54) is 0 Å². The number of rotatable bonds is 12. The number of hydrogen-bond donors (Lipinski definition) is 0. The van der Waals surface area contributed by atoms with Gasteiger partial charge in [0.05, 0.1) is 51.2 Å². The van der Waals surface area contributed by atoms with Crippen molar-refractivity contribution in [1.82, 2.24) is 0 Å². The Morgan fingerprint density at radius 3 is 0.553 bits per heavy atom. The zero-order chi connectivity index (χ0) is 35.9. The molecule has 0 N–H and O–H groups in total. The summed E-state index contributed by atoms with van der Waals surface area (Å²) in [5.74, 6) is 0. The Bertz CT molecular complexity index is 1290. The van der Waals surface area contributed by atoms with Crippen LogP contribution in [0.15, 0.2) is 36.4 Å². The van der Waals surface area contributed by atoms with Gasteiger partial charge in [-0.1, -0.05) is 0 Å². The van der Waals surface area contributed by atoms with Crippen molar-refractivity contribution in [3.8, 4) is 0 Å². The van der Waals surface area contributed by atoms with Crippen LogP contribution in [-0.4, -0.2) is 134 Å². The van der Waals surface area contributed by atoms with Gasteiger partial charge in [0.2, 0.25) is 7.38 Å². The summed E-state index contributed by atoms with van der Waals surface area (Å²) in [5, 5.41) is 3.41. The highest BCUT2D eigenvalue weighted by Gasteiger charge is 2.42. The summed E-state index contributed by atoms with van der Waals surface area (Å²) in [6.07, 6.45) is 0. The summed E-state index contributed by atoms with van der Waals surface area (Å²) in [5.41, 5.74) is 10.3. The van der Waals surface area contributed by atoms with Crippen LogP contribution < -0.4 is 59.7 Å². The first kappa shape index (κ1) is 37.8. The summed E-state index contributed by atoms with van der Waals surface area (Å²) in [6.45, 7) is 0. The summed E-state index contributed by atoms with van der Waals surface area (Å²) in [7, 11) is 34.8. The Morgan fingerprint density at radius 2 is 0.447 bits per heavy atom. The van der Waals surface area contributed by atoms with Crippen molar-refractivity contribution >= 4 is 85.2 Å². The average Bonchev–Trinajstić information content (AvgIpc) is 2.97. The van der Waals surface area contributed by atoms with Crippen molar-refractivity contribution in [3.63, 3.8) is 0 Å². The third kappa shape index (κ3) is 7.13. The zero-order valence-electron chi connectivity index (χ0n) is 32.4. The maximum absolute atomic E-state index is 8.56. The van der Waals surface area contributed by atoms with Gasteiger partial charge in [0.25, 0.3) is 0 Å². The quantitative estimate of drug-likeness (QED) is 0.162. The molecule has 3 aromatic rings. The van der Waals surface area contributed by atoms with Crippen LogP contribution in [0.3, 0.4) is 0 Å². The smallest absolute Gasteiger partial charge is 0.248 e. The summed E-state index contributed by atoms with van der Waals surface area (Å²) in [6, 6.07) is 14.0. The van der Waals surface area contributed by atoms with Gasteiger partial charge in [0, 0.05) is 127 Å². The third-order valence-corrected chi connectivity index (χ3v) is 13.9.